The molecule has 0 aliphatic heterocycles. The lowest BCUT2D eigenvalue weighted by atomic mass is 10.00. The Kier molecular flexibility index (Phi) is 4.94. The molecule has 1 atom stereocenters. The third-order valence-electron chi connectivity index (χ3n) is 3.14. The lowest BCUT2D eigenvalue weighted by Crippen LogP contribution is -2.33. The van der Waals surface area contributed by atoms with Gasteiger partial charge in [0, 0.05) is 12.5 Å². The minimum absolute atomic E-state index is 0.282. The molecular weight excluding hydrogens is 178 g/mol. The summed E-state index contributed by atoms with van der Waals surface area (Å²) in [5.74, 6) is 0.125. The van der Waals surface area contributed by atoms with Crippen LogP contribution < -0.4 is 5.32 Å². The van der Waals surface area contributed by atoms with Crippen LogP contribution in [0.2, 0.25) is 0 Å². The van der Waals surface area contributed by atoms with Crippen LogP contribution in [0.15, 0.2) is 0 Å². The molecular formula is C11H21NO2. The summed E-state index contributed by atoms with van der Waals surface area (Å²) < 4.78 is 0. The molecule has 1 saturated carbocycles. The third-order valence-corrected chi connectivity index (χ3v) is 3.14. The van der Waals surface area contributed by atoms with Gasteiger partial charge in [0.05, 0.1) is 0 Å². The maximum absolute atomic E-state index is 10.3. The Labute approximate surface area is 85.9 Å². The fourth-order valence-corrected chi connectivity index (χ4v) is 2.19. The van der Waals surface area contributed by atoms with Crippen LogP contribution in [0.4, 0.5) is 0 Å². The van der Waals surface area contributed by atoms with E-state index in [4.69, 9.17) is 5.11 Å². The van der Waals surface area contributed by atoms with Crippen molar-refractivity contribution in [3.05, 3.63) is 0 Å². The van der Waals surface area contributed by atoms with E-state index in [2.05, 4.69) is 12.2 Å². The average molecular weight is 199 g/mol. The molecule has 1 aliphatic carbocycles. The molecule has 0 spiro atoms. The molecule has 0 aromatic heterocycles. The summed E-state index contributed by atoms with van der Waals surface area (Å²) in [6, 6.07) is 0.561. The van der Waals surface area contributed by atoms with Crippen LogP contribution in [0.5, 0.6) is 0 Å². The lowest BCUT2D eigenvalue weighted by molar-refractivity contribution is -0.137. The molecule has 0 aromatic rings. The Morgan fingerprint density at radius 2 is 2.14 bits per heavy atom. The summed E-state index contributed by atoms with van der Waals surface area (Å²) in [6.45, 7) is 3.06. The number of hydrogen-bond acceptors (Lipinski definition) is 2. The van der Waals surface area contributed by atoms with Gasteiger partial charge in [0.15, 0.2) is 0 Å². The molecule has 3 heteroatoms. The fourth-order valence-electron chi connectivity index (χ4n) is 2.19. The highest BCUT2D eigenvalue weighted by molar-refractivity contribution is 5.66. The molecule has 0 radical (unpaired) electrons. The fraction of sp³-hybridized carbons (Fsp3) is 0.909. The zero-order valence-electron chi connectivity index (χ0n) is 8.96. The van der Waals surface area contributed by atoms with Crippen molar-refractivity contribution in [3.8, 4) is 0 Å². The minimum atomic E-state index is -0.694. The molecule has 0 bridgehead atoms. The number of carboxylic acid groups (broad SMARTS) is 1. The number of carbonyl (C=O) groups is 1. The van der Waals surface area contributed by atoms with Crippen LogP contribution >= 0.6 is 0 Å². The largest absolute Gasteiger partial charge is 0.481 e. The van der Waals surface area contributed by atoms with Crippen molar-refractivity contribution in [1.82, 2.24) is 5.32 Å². The van der Waals surface area contributed by atoms with Gasteiger partial charge >= 0.3 is 5.97 Å². The van der Waals surface area contributed by atoms with Gasteiger partial charge in [-0.2, -0.15) is 0 Å². The van der Waals surface area contributed by atoms with Gasteiger partial charge in [0.1, 0.15) is 0 Å². The van der Waals surface area contributed by atoms with E-state index in [1.807, 2.05) is 0 Å². The minimum Gasteiger partial charge on any atom is -0.481 e. The molecule has 3 nitrogen and oxygen atoms in total. The number of carboxylic acids is 1. The highest BCUT2D eigenvalue weighted by atomic mass is 16.4. The topological polar surface area (TPSA) is 49.3 Å². The molecule has 14 heavy (non-hydrogen) atoms. The van der Waals surface area contributed by atoms with Crippen molar-refractivity contribution in [2.45, 2.75) is 51.5 Å². The van der Waals surface area contributed by atoms with E-state index in [1.54, 1.807) is 0 Å². The molecule has 0 saturated heterocycles. The summed E-state index contributed by atoms with van der Waals surface area (Å²) in [6.07, 6.45) is 6.44. The number of nitrogens with one attached hydrogen (secondary N) is 1. The van der Waals surface area contributed by atoms with E-state index < -0.39 is 5.97 Å². The monoisotopic (exact) mass is 199 g/mol. The van der Waals surface area contributed by atoms with Crippen molar-refractivity contribution >= 4 is 5.97 Å². The lowest BCUT2D eigenvalue weighted by Gasteiger charge is -2.20. The molecule has 1 rings (SSSR count). The first-order valence-corrected chi connectivity index (χ1v) is 5.65. The number of rotatable bonds is 6. The summed E-state index contributed by atoms with van der Waals surface area (Å²) >= 11 is 0. The highest BCUT2D eigenvalue weighted by Gasteiger charge is 2.20. The normalized spacial score (nSPS) is 19.8. The van der Waals surface area contributed by atoms with Gasteiger partial charge in [0.2, 0.25) is 0 Å². The van der Waals surface area contributed by atoms with Crippen molar-refractivity contribution in [1.29, 1.82) is 0 Å². The molecule has 1 fully saturated rings. The van der Waals surface area contributed by atoms with E-state index in [-0.39, 0.29) is 6.42 Å². The third kappa shape index (κ3) is 4.09. The SMILES string of the molecule is C[C@H](NCCCC(=O)O)C1CCCC1. The second-order valence-electron chi connectivity index (χ2n) is 4.28. The van der Waals surface area contributed by atoms with Gasteiger partial charge in [-0.1, -0.05) is 12.8 Å². The van der Waals surface area contributed by atoms with Crippen LogP contribution in [-0.4, -0.2) is 23.7 Å². The molecule has 2 N–H and O–H groups in total. The standard InChI is InChI=1S/C11H21NO2/c1-9(10-5-2-3-6-10)12-8-4-7-11(13)14/h9-10,12H,2-8H2,1H3,(H,13,14)/t9-/m0/s1. The Morgan fingerprint density at radius 1 is 1.50 bits per heavy atom. The quantitative estimate of drug-likeness (QED) is 0.643. The Bertz CT molecular complexity index is 176. The summed E-state index contributed by atoms with van der Waals surface area (Å²) in [5.41, 5.74) is 0. The van der Waals surface area contributed by atoms with Gasteiger partial charge in [-0.05, 0) is 38.6 Å². The van der Waals surface area contributed by atoms with Crippen LogP contribution in [0, 0.1) is 5.92 Å². The second-order valence-corrected chi connectivity index (χ2v) is 4.28. The maximum Gasteiger partial charge on any atom is 0.303 e. The Balaban J connectivity index is 2.02. The summed E-state index contributed by atoms with van der Waals surface area (Å²) in [7, 11) is 0. The van der Waals surface area contributed by atoms with Crippen LogP contribution in [-0.2, 0) is 4.79 Å². The molecule has 1 aliphatic rings. The average Bonchev–Trinajstić information content (AvgIpc) is 2.64. The molecule has 0 heterocycles. The van der Waals surface area contributed by atoms with E-state index in [1.165, 1.54) is 25.7 Å². The predicted molar refractivity (Wildman–Crippen MR) is 56.3 cm³/mol. The number of hydrogen-bond donors (Lipinski definition) is 2. The molecule has 0 unspecified atom stereocenters. The van der Waals surface area contributed by atoms with E-state index in [0.29, 0.717) is 6.04 Å². The summed E-state index contributed by atoms with van der Waals surface area (Å²) in [4.78, 5) is 10.3. The summed E-state index contributed by atoms with van der Waals surface area (Å²) in [5, 5.41) is 11.9. The van der Waals surface area contributed by atoms with Crippen LogP contribution in [0.1, 0.15) is 45.4 Å². The van der Waals surface area contributed by atoms with Gasteiger partial charge in [-0.25, -0.2) is 0 Å². The van der Waals surface area contributed by atoms with Crippen LogP contribution in [0.3, 0.4) is 0 Å². The van der Waals surface area contributed by atoms with Crippen molar-refractivity contribution < 1.29 is 9.90 Å². The Hall–Kier alpha value is -0.570. The van der Waals surface area contributed by atoms with E-state index >= 15 is 0 Å². The molecule has 82 valence electrons. The first kappa shape index (κ1) is 11.5. The highest BCUT2D eigenvalue weighted by Crippen LogP contribution is 2.27. The van der Waals surface area contributed by atoms with Crippen LogP contribution in [0.25, 0.3) is 0 Å². The van der Waals surface area contributed by atoms with Gasteiger partial charge in [-0.3, -0.25) is 4.79 Å². The molecule has 0 amide bonds. The first-order chi connectivity index (χ1) is 6.70. The smallest absolute Gasteiger partial charge is 0.303 e. The number of aliphatic carboxylic acids is 1. The zero-order valence-corrected chi connectivity index (χ0v) is 8.96. The first-order valence-electron chi connectivity index (χ1n) is 5.65. The van der Waals surface area contributed by atoms with Gasteiger partial charge in [0.25, 0.3) is 0 Å². The van der Waals surface area contributed by atoms with Crippen molar-refractivity contribution in [2.75, 3.05) is 6.54 Å². The van der Waals surface area contributed by atoms with E-state index in [0.717, 1.165) is 18.9 Å². The molecule has 0 aromatic carbocycles. The van der Waals surface area contributed by atoms with Gasteiger partial charge in [-0.15, -0.1) is 0 Å². The van der Waals surface area contributed by atoms with E-state index in [9.17, 15) is 4.79 Å². The van der Waals surface area contributed by atoms with Crippen molar-refractivity contribution in [2.24, 2.45) is 5.92 Å². The van der Waals surface area contributed by atoms with Crippen molar-refractivity contribution in [3.63, 3.8) is 0 Å². The Morgan fingerprint density at radius 3 is 2.71 bits per heavy atom. The predicted octanol–water partition coefficient (Wildman–Crippen LogP) is 2.02. The maximum atomic E-state index is 10.3. The zero-order chi connectivity index (χ0) is 10.4. The van der Waals surface area contributed by atoms with Gasteiger partial charge < -0.3 is 10.4 Å². The second kappa shape index (κ2) is 6.02.